The Morgan fingerprint density at radius 1 is 1.36 bits per heavy atom. The molecule has 0 bridgehead atoms. The van der Waals surface area contributed by atoms with E-state index in [1.54, 1.807) is 0 Å². The molecule has 0 spiro atoms. The Morgan fingerprint density at radius 2 is 2.00 bits per heavy atom. The number of hydrogen-bond acceptors (Lipinski definition) is 3. The Hall–Kier alpha value is -1.51. The largest absolute Gasteiger partial charge is 0.469 e. The van der Waals surface area contributed by atoms with Crippen molar-refractivity contribution in [3.63, 3.8) is 0 Å². The minimum Gasteiger partial charge on any atom is -0.469 e. The van der Waals surface area contributed by atoms with Gasteiger partial charge in [-0.25, -0.2) is 0 Å². The number of ether oxygens (including phenoxy) is 1. The quantitative estimate of drug-likeness (QED) is 0.743. The topological polar surface area (TPSA) is 38.3 Å². The fourth-order valence-electron chi connectivity index (χ4n) is 1.08. The Morgan fingerprint density at radius 3 is 2.57 bits per heavy atom. The summed E-state index contributed by atoms with van der Waals surface area (Å²) in [5, 5.41) is 3.14. The lowest BCUT2D eigenvalue weighted by Gasteiger charge is -2.05. The molecule has 0 fully saturated rings. The first-order valence-electron chi connectivity index (χ1n) is 4.59. The van der Waals surface area contributed by atoms with Crippen molar-refractivity contribution >= 4 is 11.7 Å². The lowest BCUT2D eigenvalue weighted by molar-refractivity contribution is -0.140. The SMILES string of the molecule is COC(=O)CCNc1ccc(C)cc1. The van der Waals surface area contributed by atoms with Crippen molar-refractivity contribution in [2.24, 2.45) is 0 Å². The summed E-state index contributed by atoms with van der Waals surface area (Å²) in [6.07, 6.45) is 0.393. The van der Waals surface area contributed by atoms with Crippen molar-refractivity contribution in [3.8, 4) is 0 Å². The van der Waals surface area contributed by atoms with Gasteiger partial charge in [-0.15, -0.1) is 0 Å². The van der Waals surface area contributed by atoms with Crippen LogP contribution in [0.5, 0.6) is 0 Å². The maximum atomic E-state index is 10.8. The number of anilines is 1. The fraction of sp³-hybridized carbons (Fsp3) is 0.364. The van der Waals surface area contributed by atoms with Gasteiger partial charge in [0.25, 0.3) is 0 Å². The smallest absolute Gasteiger partial charge is 0.307 e. The number of aryl methyl sites for hydroxylation is 1. The van der Waals surface area contributed by atoms with Gasteiger partial charge in [0.2, 0.25) is 0 Å². The maximum Gasteiger partial charge on any atom is 0.307 e. The Bertz CT molecular complexity index is 293. The van der Waals surface area contributed by atoms with Gasteiger partial charge in [-0.1, -0.05) is 17.7 Å². The molecule has 3 nitrogen and oxygen atoms in total. The first kappa shape index (κ1) is 10.6. The molecule has 0 heterocycles. The molecule has 76 valence electrons. The Kier molecular flexibility index (Phi) is 3.98. The third-order valence-corrected chi connectivity index (χ3v) is 1.94. The van der Waals surface area contributed by atoms with Crippen LogP contribution < -0.4 is 5.32 Å². The van der Waals surface area contributed by atoms with Crippen LogP contribution in [0.15, 0.2) is 24.3 Å². The molecule has 0 atom stereocenters. The second-order valence-corrected chi connectivity index (χ2v) is 3.12. The number of methoxy groups -OCH3 is 1. The minimum absolute atomic E-state index is 0.190. The predicted octanol–water partition coefficient (Wildman–Crippen LogP) is 1.97. The van der Waals surface area contributed by atoms with Crippen LogP contribution in [0.3, 0.4) is 0 Å². The van der Waals surface area contributed by atoms with E-state index in [9.17, 15) is 4.79 Å². The number of hydrogen-bond donors (Lipinski definition) is 1. The van der Waals surface area contributed by atoms with Gasteiger partial charge >= 0.3 is 5.97 Å². The van der Waals surface area contributed by atoms with Crippen LogP contribution >= 0.6 is 0 Å². The molecule has 14 heavy (non-hydrogen) atoms. The predicted molar refractivity (Wildman–Crippen MR) is 56.3 cm³/mol. The van der Waals surface area contributed by atoms with Crippen LogP contribution in [0.1, 0.15) is 12.0 Å². The molecule has 0 saturated carbocycles. The van der Waals surface area contributed by atoms with Gasteiger partial charge < -0.3 is 10.1 Å². The molecule has 0 aromatic heterocycles. The Balaban J connectivity index is 2.31. The van der Waals surface area contributed by atoms with Crippen LogP contribution in [0.4, 0.5) is 5.69 Å². The number of carbonyl (C=O) groups is 1. The van der Waals surface area contributed by atoms with Gasteiger partial charge in [-0.2, -0.15) is 0 Å². The molecule has 0 saturated heterocycles. The Labute approximate surface area is 84.1 Å². The molecule has 1 aromatic carbocycles. The van der Waals surface area contributed by atoms with Crippen molar-refractivity contribution < 1.29 is 9.53 Å². The molecular weight excluding hydrogens is 178 g/mol. The summed E-state index contributed by atoms with van der Waals surface area (Å²) in [5.41, 5.74) is 2.25. The van der Waals surface area contributed by atoms with E-state index in [-0.39, 0.29) is 5.97 Å². The summed E-state index contributed by atoms with van der Waals surface area (Å²) in [6.45, 7) is 2.65. The molecule has 1 rings (SSSR count). The van der Waals surface area contributed by atoms with E-state index in [2.05, 4.69) is 10.1 Å². The summed E-state index contributed by atoms with van der Waals surface area (Å²) in [7, 11) is 1.40. The third-order valence-electron chi connectivity index (χ3n) is 1.94. The second kappa shape index (κ2) is 5.27. The van der Waals surface area contributed by atoms with Crippen LogP contribution in [-0.2, 0) is 9.53 Å². The van der Waals surface area contributed by atoms with E-state index < -0.39 is 0 Å². The summed E-state index contributed by atoms with van der Waals surface area (Å²) in [6, 6.07) is 8.04. The van der Waals surface area contributed by atoms with Crippen LogP contribution in [0, 0.1) is 6.92 Å². The summed E-state index contributed by atoms with van der Waals surface area (Å²) in [5.74, 6) is -0.190. The fourth-order valence-corrected chi connectivity index (χ4v) is 1.08. The average molecular weight is 193 g/mol. The first-order chi connectivity index (χ1) is 6.72. The van der Waals surface area contributed by atoms with Crippen LogP contribution in [0.25, 0.3) is 0 Å². The highest BCUT2D eigenvalue weighted by molar-refractivity contribution is 5.69. The van der Waals surface area contributed by atoms with Gasteiger partial charge in [-0.05, 0) is 19.1 Å². The molecule has 0 radical (unpaired) electrons. The lowest BCUT2D eigenvalue weighted by atomic mass is 10.2. The summed E-state index contributed by atoms with van der Waals surface area (Å²) in [4.78, 5) is 10.8. The molecule has 1 aromatic rings. The molecule has 0 amide bonds. The highest BCUT2D eigenvalue weighted by Gasteiger charge is 1.98. The first-order valence-corrected chi connectivity index (χ1v) is 4.59. The van der Waals surface area contributed by atoms with Crippen molar-refractivity contribution in [1.29, 1.82) is 0 Å². The number of nitrogens with one attached hydrogen (secondary N) is 1. The molecule has 0 aliphatic rings. The lowest BCUT2D eigenvalue weighted by Crippen LogP contribution is -2.09. The normalized spacial score (nSPS) is 9.57. The van der Waals surface area contributed by atoms with Gasteiger partial charge in [0, 0.05) is 12.2 Å². The molecule has 1 N–H and O–H groups in total. The van der Waals surface area contributed by atoms with E-state index in [0.29, 0.717) is 13.0 Å². The second-order valence-electron chi connectivity index (χ2n) is 3.12. The number of carbonyl (C=O) groups excluding carboxylic acids is 1. The number of esters is 1. The average Bonchev–Trinajstić information content (AvgIpc) is 2.21. The van der Waals surface area contributed by atoms with E-state index in [0.717, 1.165) is 5.69 Å². The van der Waals surface area contributed by atoms with Gasteiger partial charge in [0.1, 0.15) is 0 Å². The highest BCUT2D eigenvalue weighted by Crippen LogP contribution is 2.08. The van der Waals surface area contributed by atoms with E-state index in [4.69, 9.17) is 0 Å². The highest BCUT2D eigenvalue weighted by atomic mass is 16.5. The zero-order valence-electron chi connectivity index (χ0n) is 8.54. The van der Waals surface area contributed by atoms with Gasteiger partial charge in [0.05, 0.1) is 13.5 Å². The number of rotatable bonds is 4. The van der Waals surface area contributed by atoms with Crippen molar-refractivity contribution in [3.05, 3.63) is 29.8 Å². The molecule has 0 aliphatic carbocycles. The van der Waals surface area contributed by atoms with E-state index in [1.165, 1.54) is 12.7 Å². The minimum atomic E-state index is -0.190. The van der Waals surface area contributed by atoms with Gasteiger partial charge in [-0.3, -0.25) is 4.79 Å². The maximum absolute atomic E-state index is 10.8. The van der Waals surface area contributed by atoms with Crippen molar-refractivity contribution in [2.45, 2.75) is 13.3 Å². The van der Waals surface area contributed by atoms with E-state index in [1.807, 2.05) is 31.2 Å². The summed E-state index contributed by atoms with van der Waals surface area (Å²) < 4.78 is 4.53. The monoisotopic (exact) mass is 193 g/mol. The van der Waals surface area contributed by atoms with Crippen LogP contribution in [-0.4, -0.2) is 19.6 Å². The zero-order chi connectivity index (χ0) is 10.4. The molecular formula is C11H15NO2. The van der Waals surface area contributed by atoms with Gasteiger partial charge in [0.15, 0.2) is 0 Å². The van der Waals surface area contributed by atoms with Crippen molar-refractivity contribution in [2.75, 3.05) is 19.0 Å². The van der Waals surface area contributed by atoms with E-state index >= 15 is 0 Å². The third kappa shape index (κ3) is 3.47. The van der Waals surface area contributed by atoms with Crippen molar-refractivity contribution in [1.82, 2.24) is 0 Å². The number of benzene rings is 1. The zero-order valence-corrected chi connectivity index (χ0v) is 8.54. The summed E-state index contributed by atoms with van der Waals surface area (Å²) >= 11 is 0. The molecule has 3 heteroatoms. The standard InChI is InChI=1S/C11H15NO2/c1-9-3-5-10(6-4-9)12-8-7-11(13)14-2/h3-6,12H,7-8H2,1-2H3. The molecule has 0 aliphatic heterocycles. The van der Waals surface area contributed by atoms with Crippen LogP contribution in [0.2, 0.25) is 0 Å². The molecule has 0 unspecified atom stereocenters.